The fourth-order valence-electron chi connectivity index (χ4n) is 1.49. The molecular formula is C12H17ClN2O2. The van der Waals surface area contributed by atoms with Crippen LogP contribution in [-0.4, -0.2) is 26.1 Å². The smallest absolute Gasteiger partial charge is 0.243 e. The molecule has 1 amide bonds. The van der Waals surface area contributed by atoms with Gasteiger partial charge in [0.25, 0.3) is 0 Å². The third kappa shape index (κ3) is 2.90. The monoisotopic (exact) mass is 256 g/mol. The Hall–Kier alpha value is -1.26. The highest BCUT2D eigenvalue weighted by Crippen LogP contribution is 2.33. The maximum absolute atomic E-state index is 11.8. The number of carbonyl (C=O) groups excluding carboxylic acids is 1. The Morgan fingerprint density at radius 2 is 2.12 bits per heavy atom. The Bertz CT molecular complexity index is 433. The zero-order valence-corrected chi connectivity index (χ0v) is 11.2. The lowest BCUT2D eigenvalue weighted by Crippen LogP contribution is -2.39. The van der Waals surface area contributed by atoms with Crippen LogP contribution in [-0.2, 0) is 4.79 Å². The van der Waals surface area contributed by atoms with E-state index in [2.05, 4.69) is 0 Å². The molecule has 17 heavy (non-hydrogen) atoms. The average molecular weight is 257 g/mol. The van der Waals surface area contributed by atoms with Gasteiger partial charge in [0, 0.05) is 12.1 Å². The summed E-state index contributed by atoms with van der Waals surface area (Å²) in [5.74, 6) is 0.409. The fraction of sp³-hybridized carbons (Fsp3) is 0.417. The number of hydrogen-bond donors (Lipinski definition) is 1. The van der Waals surface area contributed by atoms with Gasteiger partial charge < -0.3 is 15.4 Å². The second-order valence-corrected chi connectivity index (χ2v) is 4.37. The van der Waals surface area contributed by atoms with Crippen LogP contribution in [0.4, 0.5) is 5.69 Å². The summed E-state index contributed by atoms with van der Waals surface area (Å²) in [5, 5.41) is 0.588. The normalized spacial score (nSPS) is 12.1. The lowest BCUT2D eigenvalue weighted by atomic mass is 10.2. The van der Waals surface area contributed by atoms with Crippen LogP contribution in [0.25, 0.3) is 0 Å². The van der Waals surface area contributed by atoms with Crippen molar-refractivity contribution in [3.05, 3.63) is 22.7 Å². The van der Waals surface area contributed by atoms with Crippen molar-refractivity contribution in [1.29, 1.82) is 0 Å². The van der Waals surface area contributed by atoms with Crippen LogP contribution >= 0.6 is 11.6 Å². The van der Waals surface area contributed by atoms with E-state index in [1.165, 1.54) is 4.90 Å². The number of nitrogens with zero attached hydrogens (tertiary/aromatic N) is 1. The largest absolute Gasteiger partial charge is 0.495 e. The van der Waals surface area contributed by atoms with Gasteiger partial charge in [-0.1, -0.05) is 11.6 Å². The molecule has 4 nitrogen and oxygen atoms in total. The Morgan fingerprint density at radius 1 is 1.53 bits per heavy atom. The van der Waals surface area contributed by atoms with Crippen LogP contribution in [0.3, 0.4) is 0 Å². The molecule has 0 radical (unpaired) electrons. The summed E-state index contributed by atoms with van der Waals surface area (Å²) in [5.41, 5.74) is 7.08. The van der Waals surface area contributed by atoms with Crippen LogP contribution in [0.5, 0.6) is 5.75 Å². The molecular weight excluding hydrogens is 240 g/mol. The number of nitrogens with two attached hydrogens (primary N) is 1. The van der Waals surface area contributed by atoms with Gasteiger partial charge in [-0.2, -0.15) is 0 Å². The minimum atomic E-state index is -0.565. The molecule has 1 atom stereocenters. The number of benzene rings is 1. The zero-order valence-electron chi connectivity index (χ0n) is 10.5. The molecule has 0 fully saturated rings. The van der Waals surface area contributed by atoms with Crippen molar-refractivity contribution < 1.29 is 9.53 Å². The van der Waals surface area contributed by atoms with Crippen LogP contribution in [0, 0.1) is 6.92 Å². The molecule has 94 valence electrons. The highest BCUT2D eigenvalue weighted by molar-refractivity contribution is 6.31. The summed E-state index contributed by atoms with van der Waals surface area (Å²) in [7, 11) is 3.20. The number of methoxy groups -OCH3 is 1. The van der Waals surface area contributed by atoms with Crippen molar-refractivity contribution in [2.24, 2.45) is 5.73 Å². The van der Waals surface area contributed by atoms with Crippen LogP contribution in [0.15, 0.2) is 12.1 Å². The molecule has 0 saturated carbocycles. The maximum Gasteiger partial charge on any atom is 0.243 e. The van der Waals surface area contributed by atoms with Gasteiger partial charge in [0.15, 0.2) is 0 Å². The van der Waals surface area contributed by atoms with Crippen molar-refractivity contribution in [2.45, 2.75) is 19.9 Å². The summed E-state index contributed by atoms with van der Waals surface area (Å²) in [6.45, 7) is 3.52. The van der Waals surface area contributed by atoms with Gasteiger partial charge in [-0.3, -0.25) is 4.79 Å². The van der Waals surface area contributed by atoms with Crippen LogP contribution in [0.1, 0.15) is 12.5 Å². The minimum Gasteiger partial charge on any atom is -0.495 e. The highest BCUT2D eigenvalue weighted by atomic mass is 35.5. The molecule has 0 aromatic heterocycles. The predicted octanol–water partition coefficient (Wildman–Crippen LogP) is 1.97. The van der Waals surface area contributed by atoms with Gasteiger partial charge >= 0.3 is 0 Å². The summed E-state index contributed by atoms with van der Waals surface area (Å²) in [6, 6.07) is 2.93. The number of aryl methyl sites for hydroxylation is 1. The quantitative estimate of drug-likeness (QED) is 0.900. The van der Waals surface area contributed by atoms with E-state index in [4.69, 9.17) is 22.1 Å². The van der Waals surface area contributed by atoms with Crippen molar-refractivity contribution in [3.63, 3.8) is 0 Å². The number of likely N-dealkylation sites (N-methyl/N-ethyl adjacent to an activating group) is 1. The third-order valence-electron chi connectivity index (χ3n) is 2.54. The molecule has 0 spiro atoms. The summed E-state index contributed by atoms with van der Waals surface area (Å²) >= 11 is 6.05. The summed E-state index contributed by atoms with van der Waals surface area (Å²) in [6.07, 6.45) is 0. The first-order valence-electron chi connectivity index (χ1n) is 5.25. The lowest BCUT2D eigenvalue weighted by Gasteiger charge is -2.22. The first kappa shape index (κ1) is 13.8. The van der Waals surface area contributed by atoms with Crippen molar-refractivity contribution in [3.8, 4) is 5.75 Å². The molecule has 1 aromatic carbocycles. The van der Waals surface area contributed by atoms with Crippen molar-refractivity contribution in [2.75, 3.05) is 19.1 Å². The number of ether oxygens (including phenoxy) is 1. The second-order valence-electron chi connectivity index (χ2n) is 3.96. The molecule has 0 bridgehead atoms. The van der Waals surface area contributed by atoms with Gasteiger partial charge in [0.05, 0.1) is 18.8 Å². The van der Waals surface area contributed by atoms with Gasteiger partial charge in [0.2, 0.25) is 5.91 Å². The lowest BCUT2D eigenvalue weighted by molar-refractivity contribution is -0.119. The second kappa shape index (κ2) is 5.38. The highest BCUT2D eigenvalue weighted by Gasteiger charge is 2.19. The molecule has 0 saturated heterocycles. The molecule has 1 rings (SSSR count). The number of halogens is 1. The van der Waals surface area contributed by atoms with Crippen molar-refractivity contribution >= 4 is 23.2 Å². The Kier molecular flexibility index (Phi) is 4.37. The van der Waals surface area contributed by atoms with E-state index < -0.39 is 6.04 Å². The molecule has 0 heterocycles. The summed E-state index contributed by atoms with van der Waals surface area (Å²) in [4.78, 5) is 13.3. The Balaban J connectivity index is 3.21. The number of carbonyl (C=O) groups is 1. The van der Waals surface area contributed by atoms with Crippen molar-refractivity contribution in [1.82, 2.24) is 0 Å². The van der Waals surface area contributed by atoms with E-state index in [1.54, 1.807) is 33.2 Å². The fourth-order valence-corrected chi connectivity index (χ4v) is 1.65. The number of rotatable bonds is 3. The molecule has 1 unspecified atom stereocenters. The SMILES string of the molecule is COc1cc(C)c(Cl)cc1N(C)C(=O)C(C)N. The predicted molar refractivity (Wildman–Crippen MR) is 69.8 cm³/mol. The number of anilines is 1. The molecule has 1 aromatic rings. The van der Waals surface area contributed by atoms with E-state index in [1.807, 2.05) is 6.92 Å². The third-order valence-corrected chi connectivity index (χ3v) is 2.95. The van der Waals surface area contributed by atoms with E-state index >= 15 is 0 Å². The zero-order chi connectivity index (χ0) is 13.2. The molecule has 5 heteroatoms. The molecule has 0 aliphatic carbocycles. The van der Waals surface area contributed by atoms with Gasteiger partial charge in [-0.15, -0.1) is 0 Å². The van der Waals surface area contributed by atoms with Gasteiger partial charge in [-0.05, 0) is 31.5 Å². The Labute approximate surface area is 106 Å². The first-order valence-corrected chi connectivity index (χ1v) is 5.63. The Morgan fingerprint density at radius 3 is 2.59 bits per heavy atom. The van der Waals surface area contributed by atoms with Gasteiger partial charge in [-0.25, -0.2) is 0 Å². The van der Waals surface area contributed by atoms with E-state index in [0.717, 1.165) is 5.56 Å². The summed E-state index contributed by atoms with van der Waals surface area (Å²) < 4.78 is 5.24. The number of amides is 1. The average Bonchev–Trinajstić information content (AvgIpc) is 2.29. The first-order chi connectivity index (χ1) is 7.88. The molecule has 0 aliphatic rings. The molecule has 0 aliphatic heterocycles. The van der Waals surface area contributed by atoms with Crippen LogP contribution < -0.4 is 15.4 Å². The van der Waals surface area contributed by atoms with Gasteiger partial charge in [0.1, 0.15) is 5.75 Å². The van der Waals surface area contributed by atoms with E-state index in [0.29, 0.717) is 16.5 Å². The number of hydrogen-bond acceptors (Lipinski definition) is 3. The topological polar surface area (TPSA) is 55.6 Å². The minimum absolute atomic E-state index is 0.191. The molecule has 2 N–H and O–H groups in total. The standard InChI is InChI=1S/C12H17ClN2O2/c1-7-5-11(17-4)10(6-9(7)13)15(3)12(16)8(2)14/h5-6,8H,14H2,1-4H3. The van der Waals surface area contributed by atoms with E-state index in [9.17, 15) is 4.79 Å². The van der Waals surface area contributed by atoms with Crippen LogP contribution in [0.2, 0.25) is 5.02 Å². The van der Waals surface area contributed by atoms with E-state index in [-0.39, 0.29) is 5.91 Å². The maximum atomic E-state index is 11.8.